The average molecular weight is 346 g/mol. The first-order chi connectivity index (χ1) is 11.6. The fraction of sp³-hybridized carbons (Fsp3) is 0.263. The van der Waals surface area contributed by atoms with Gasteiger partial charge in [0.1, 0.15) is 0 Å². The van der Waals surface area contributed by atoms with E-state index in [1.807, 2.05) is 31.2 Å². The first kappa shape index (κ1) is 18.2. The first-order valence-corrected chi connectivity index (χ1v) is 8.22. The lowest BCUT2D eigenvalue weighted by Crippen LogP contribution is -2.15. The number of nitrogens with one attached hydrogen (secondary N) is 1. The van der Waals surface area contributed by atoms with Crippen molar-refractivity contribution in [2.45, 2.75) is 26.4 Å². The van der Waals surface area contributed by atoms with Gasteiger partial charge in [0, 0.05) is 41.3 Å². The third-order valence-corrected chi connectivity index (χ3v) is 3.75. The summed E-state index contributed by atoms with van der Waals surface area (Å²) in [7, 11) is 0. The van der Waals surface area contributed by atoms with Gasteiger partial charge >= 0.3 is 0 Å². The molecule has 0 radical (unpaired) electrons. The molecule has 0 saturated heterocycles. The molecule has 4 nitrogen and oxygen atoms in total. The Balaban J connectivity index is 1.89. The lowest BCUT2D eigenvalue weighted by Gasteiger charge is -2.11. The Labute approximate surface area is 146 Å². The molecule has 2 rings (SSSR count). The number of amides is 1. The number of anilines is 1. The topological polar surface area (TPSA) is 55.4 Å². The van der Waals surface area contributed by atoms with Crippen molar-refractivity contribution in [3.8, 4) is 0 Å². The van der Waals surface area contributed by atoms with Gasteiger partial charge in [0.25, 0.3) is 0 Å². The highest BCUT2D eigenvalue weighted by molar-refractivity contribution is 6.30. The zero-order chi connectivity index (χ0) is 17.4. The molecule has 0 aliphatic rings. The summed E-state index contributed by atoms with van der Waals surface area (Å²) in [5.41, 5.74) is 2.19. The van der Waals surface area contributed by atoms with E-state index in [2.05, 4.69) is 5.32 Å². The smallest absolute Gasteiger partial charge is 0.224 e. The van der Waals surface area contributed by atoms with Crippen LogP contribution >= 0.6 is 11.6 Å². The molecule has 0 heterocycles. The van der Waals surface area contributed by atoms with Gasteiger partial charge in [-0.25, -0.2) is 0 Å². The SMILES string of the molecule is CCOCc1ccccc1NC(=O)CCC(=O)c1ccc(Cl)cc1. The minimum absolute atomic E-state index is 0.0792. The van der Waals surface area contributed by atoms with E-state index in [0.29, 0.717) is 23.8 Å². The van der Waals surface area contributed by atoms with Crippen molar-refractivity contribution in [1.29, 1.82) is 0 Å². The second-order valence-corrected chi connectivity index (χ2v) is 5.71. The predicted octanol–water partition coefficient (Wildman–Crippen LogP) is 4.48. The number of hydrogen-bond acceptors (Lipinski definition) is 3. The number of carbonyl (C=O) groups excluding carboxylic acids is 2. The monoisotopic (exact) mass is 345 g/mol. The van der Waals surface area contributed by atoms with Crippen molar-refractivity contribution >= 4 is 29.0 Å². The van der Waals surface area contributed by atoms with Gasteiger partial charge in [0.05, 0.1) is 6.61 Å². The fourth-order valence-corrected chi connectivity index (χ4v) is 2.33. The predicted molar refractivity (Wildman–Crippen MR) is 95.4 cm³/mol. The van der Waals surface area contributed by atoms with Gasteiger partial charge in [0.15, 0.2) is 5.78 Å². The maximum atomic E-state index is 12.1. The Morgan fingerprint density at radius 3 is 2.46 bits per heavy atom. The van der Waals surface area contributed by atoms with Crippen LogP contribution in [0.15, 0.2) is 48.5 Å². The number of para-hydroxylation sites is 1. The minimum atomic E-state index is -0.193. The molecule has 0 aliphatic carbocycles. The zero-order valence-corrected chi connectivity index (χ0v) is 14.3. The molecule has 2 aromatic carbocycles. The molecule has 0 aromatic heterocycles. The van der Waals surface area contributed by atoms with Crippen LogP contribution in [-0.4, -0.2) is 18.3 Å². The molecule has 1 amide bonds. The lowest BCUT2D eigenvalue weighted by molar-refractivity contribution is -0.116. The van der Waals surface area contributed by atoms with Gasteiger partial charge in [-0.3, -0.25) is 9.59 Å². The van der Waals surface area contributed by atoms with E-state index in [1.54, 1.807) is 24.3 Å². The highest BCUT2D eigenvalue weighted by Gasteiger charge is 2.11. The number of ketones is 1. The molecule has 0 aliphatic heterocycles. The van der Waals surface area contributed by atoms with E-state index in [1.165, 1.54) is 0 Å². The van der Waals surface area contributed by atoms with Gasteiger partial charge in [-0.05, 0) is 37.3 Å². The average Bonchev–Trinajstić information content (AvgIpc) is 2.59. The molecular weight excluding hydrogens is 326 g/mol. The number of benzene rings is 2. The fourth-order valence-electron chi connectivity index (χ4n) is 2.20. The second kappa shape index (κ2) is 9.21. The molecule has 126 valence electrons. The zero-order valence-electron chi connectivity index (χ0n) is 13.5. The van der Waals surface area contributed by atoms with Crippen LogP contribution in [0.1, 0.15) is 35.7 Å². The molecule has 24 heavy (non-hydrogen) atoms. The number of hydrogen-bond donors (Lipinski definition) is 1. The lowest BCUT2D eigenvalue weighted by atomic mass is 10.1. The number of Topliss-reactive ketones (excluding diaryl/α,β-unsaturated/α-hetero) is 1. The number of ether oxygens (including phenoxy) is 1. The quantitative estimate of drug-likeness (QED) is 0.718. The number of carbonyl (C=O) groups is 2. The summed E-state index contributed by atoms with van der Waals surface area (Å²) in [6, 6.07) is 14.1. The third kappa shape index (κ3) is 5.48. The summed E-state index contributed by atoms with van der Waals surface area (Å²) in [5, 5.41) is 3.42. The maximum Gasteiger partial charge on any atom is 0.224 e. The summed E-state index contributed by atoms with van der Waals surface area (Å²) in [4.78, 5) is 24.2. The van der Waals surface area contributed by atoms with Crippen molar-refractivity contribution in [2.75, 3.05) is 11.9 Å². The molecular formula is C19H20ClNO3. The summed E-state index contributed by atoms with van der Waals surface area (Å²) in [6.07, 6.45) is 0.283. The largest absolute Gasteiger partial charge is 0.377 e. The van der Waals surface area contributed by atoms with Crippen LogP contribution < -0.4 is 5.32 Å². The van der Waals surface area contributed by atoms with Gasteiger partial charge in [-0.1, -0.05) is 29.8 Å². The standard InChI is InChI=1S/C19H20ClNO3/c1-2-24-13-15-5-3-4-6-17(15)21-19(23)12-11-18(22)14-7-9-16(20)10-8-14/h3-10H,2,11-13H2,1H3,(H,21,23). The Bertz CT molecular complexity index is 698. The number of rotatable bonds is 8. The van der Waals surface area contributed by atoms with Crippen molar-refractivity contribution in [3.05, 3.63) is 64.7 Å². The van der Waals surface area contributed by atoms with Crippen LogP contribution in [0.3, 0.4) is 0 Å². The summed E-state index contributed by atoms with van der Waals surface area (Å²) < 4.78 is 5.39. The van der Waals surface area contributed by atoms with E-state index in [4.69, 9.17) is 16.3 Å². The molecule has 5 heteroatoms. The van der Waals surface area contributed by atoms with E-state index in [9.17, 15) is 9.59 Å². The molecule has 0 unspecified atom stereocenters. The normalized spacial score (nSPS) is 10.4. The van der Waals surface area contributed by atoms with Gasteiger partial charge in [-0.15, -0.1) is 0 Å². The molecule has 0 saturated carbocycles. The van der Waals surface area contributed by atoms with E-state index in [0.717, 1.165) is 11.3 Å². The van der Waals surface area contributed by atoms with Crippen LogP contribution in [0.25, 0.3) is 0 Å². The molecule has 0 bridgehead atoms. The van der Waals surface area contributed by atoms with Gasteiger partial charge in [0.2, 0.25) is 5.91 Å². The molecule has 0 spiro atoms. The molecule has 1 N–H and O–H groups in total. The molecule has 0 atom stereocenters. The first-order valence-electron chi connectivity index (χ1n) is 7.84. The third-order valence-electron chi connectivity index (χ3n) is 3.50. The minimum Gasteiger partial charge on any atom is -0.377 e. The van der Waals surface area contributed by atoms with Crippen LogP contribution in [0.2, 0.25) is 5.02 Å². The van der Waals surface area contributed by atoms with Crippen molar-refractivity contribution in [3.63, 3.8) is 0 Å². The van der Waals surface area contributed by atoms with Gasteiger partial charge < -0.3 is 10.1 Å². The van der Waals surface area contributed by atoms with Crippen LogP contribution in [0.4, 0.5) is 5.69 Å². The maximum absolute atomic E-state index is 12.1. The Kier molecular flexibility index (Phi) is 6.97. The molecule has 0 fully saturated rings. The Hall–Kier alpha value is -2.17. The summed E-state index contributed by atoms with van der Waals surface area (Å²) in [6.45, 7) is 2.97. The van der Waals surface area contributed by atoms with Crippen LogP contribution in [0.5, 0.6) is 0 Å². The number of halogens is 1. The summed E-state index contributed by atoms with van der Waals surface area (Å²) >= 11 is 5.80. The van der Waals surface area contributed by atoms with Crippen molar-refractivity contribution in [1.82, 2.24) is 0 Å². The molecule has 2 aromatic rings. The Morgan fingerprint density at radius 2 is 1.75 bits per heavy atom. The van der Waals surface area contributed by atoms with E-state index >= 15 is 0 Å². The van der Waals surface area contributed by atoms with Crippen molar-refractivity contribution in [2.24, 2.45) is 0 Å². The summed E-state index contributed by atoms with van der Waals surface area (Å²) in [5.74, 6) is -0.273. The van der Waals surface area contributed by atoms with E-state index < -0.39 is 0 Å². The second-order valence-electron chi connectivity index (χ2n) is 5.27. The van der Waals surface area contributed by atoms with Crippen molar-refractivity contribution < 1.29 is 14.3 Å². The van der Waals surface area contributed by atoms with Crippen LogP contribution in [-0.2, 0) is 16.1 Å². The highest BCUT2D eigenvalue weighted by atomic mass is 35.5. The highest BCUT2D eigenvalue weighted by Crippen LogP contribution is 2.17. The van der Waals surface area contributed by atoms with E-state index in [-0.39, 0.29) is 24.5 Å². The Morgan fingerprint density at radius 1 is 1.04 bits per heavy atom. The van der Waals surface area contributed by atoms with Gasteiger partial charge in [-0.2, -0.15) is 0 Å². The van der Waals surface area contributed by atoms with Crippen LogP contribution in [0, 0.1) is 0 Å².